The molecule has 2 amide bonds. The van der Waals surface area contributed by atoms with E-state index in [4.69, 9.17) is 4.74 Å². The summed E-state index contributed by atoms with van der Waals surface area (Å²) < 4.78 is 5.78. The molecule has 2 heterocycles. The number of ether oxygens (including phenoxy) is 1. The van der Waals surface area contributed by atoms with Crippen molar-refractivity contribution in [1.29, 1.82) is 0 Å². The largest absolute Gasteiger partial charge is 0.485 e. The second kappa shape index (κ2) is 10.5. The number of benzene rings is 1. The zero-order valence-electron chi connectivity index (χ0n) is 18.6. The molecule has 0 bridgehead atoms. The van der Waals surface area contributed by atoms with Crippen LogP contribution in [0.15, 0.2) is 67.1 Å². The van der Waals surface area contributed by atoms with Gasteiger partial charge in [0.05, 0.1) is 0 Å². The first kappa shape index (κ1) is 22.9. The second-order valence-corrected chi connectivity index (χ2v) is 8.38. The van der Waals surface area contributed by atoms with Gasteiger partial charge in [-0.2, -0.15) is 0 Å². The third-order valence-electron chi connectivity index (χ3n) is 4.82. The van der Waals surface area contributed by atoms with Gasteiger partial charge >= 0.3 is 0 Å². The molecule has 0 aliphatic heterocycles. The number of aromatic nitrogens is 2. The topological polar surface area (TPSA) is 93.2 Å². The standard InChI is InChI=1S/C25H28N4O3/c1-25(2,3)20-8-6-19(7-9-20)24(31)28-16-12-22(30)29-23-21(5-4-13-27-23)32-17-18-10-14-26-15-11-18/h4-11,13-15H,12,16-17H2,1-3H3,(H,28,31)(H,27,29,30). The van der Waals surface area contributed by atoms with Crippen LogP contribution >= 0.6 is 0 Å². The Hall–Kier alpha value is -3.74. The summed E-state index contributed by atoms with van der Waals surface area (Å²) in [6.45, 7) is 6.92. The van der Waals surface area contributed by atoms with E-state index in [1.807, 2.05) is 24.3 Å². The minimum Gasteiger partial charge on any atom is -0.485 e. The summed E-state index contributed by atoms with van der Waals surface area (Å²) in [6, 6.07) is 14.7. The van der Waals surface area contributed by atoms with E-state index in [2.05, 4.69) is 41.4 Å². The number of carbonyl (C=O) groups excluding carboxylic acids is 2. The van der Waals surface area contributed by atoms with E-state index in [1.54, 1.807) is 42.9 Å². The van der Waals surface area contributed by atoms with Crippen LogP contribution in [-0.2, 0) is 16.8 Å². The van der Waals surface area contributed by atoms with Crippen LogP contribution in [0.2, 0.25) is 0 Å². The maximum Gasteiger partial charge on any atom is 0.251 e. The first-order valence-electron chi connectivity index (χ1n) is 10.5. The molecule has 1 aromatic carbocycles. The van der Waals surface area contributed by atoms with E-state index in [9.17, 15) is 9.59 Å². The van der Waals surface area contributed by atoms with Crippen molar-refractivity contribution in [3.63, 3.8) is 0 Å². The molecule has 2 N–H and O–H groups in total. The average Bonchev–Trinajstić information content (AvgIpc) is 2.78. The monoisotopic (exact) mass is 432 g/mol. The normalized spacial score (nSPS) is 11.0. The molecule has 3 aromatic rings. The van der Waals surface area contributed by atoms with E-state index in [0.29, 0.717) is 23.7 Å². The zero-order valence-corrected chi connectivity index (χ0v) is 18.6. The third-order valence-corrected chi connectivity index (χ3v) is 4.82. The van der Waals surface area contributed by atoms with Crippen molar-refractivity contribution in [3.8, 4) is 5.75 Å². The summed E-state index contributed by atoms with van der Waals surface area (Å²) in [5, 5.41) is 5.52. The molecule has 0 saturated heterocycles. The lowest BCUT2D eigenvalue weighted by Crippen LogP contribution is -2.28. The number of amides is 2. The van der Waals surface area contributed by atoms with Gasteiger partial charge in [-0.1, -0.05) is 32.9 Å². The number of pyridine rings is 2. The first-order valence-corrected chi connectivity index (χ1v) is 10.5. The number of nitrogens with zero attached hydrogens (tertiary/aromatic N) is 2. The van der Waals surface area contributed by atoms with E-state index >= 15 is 0 Å². The quantitative estimate of drug-likeness (QED) is 0.559. The lowest BCUT2D eigenvalue weighted by atomic mass is 9.87. The summed E-state index contributed by atoms with van der Waals surface area (Å²) in [5.74, 6) is 0.342. The van der Waals surface area contributed by atoms with Crippen LogP contribution in [0.1, 0.15) is 48.7 Å². The number of anilines is 1. The fourth-order valence-corrected chi connectivity index (χ4v) is 2.95. The van der Waals surface area contributed by atoms with E-state index in [-0.39, 0.29) is 30.2 Å². The van der Waals surface area contributed by atoms with Crippen molar-refractivity contribution < 1.29 is 14.3 Å². The van der Waals surface area contributed by atoms with Gasteiger partial charge < -0.3 is 15.4 Å². The summed E-state index contributed by atoms with van der Waals surface area (Å²) >= 11 is 0. The van der Waals surface area contributed by atoms with Gasteiger partial charge in [0.25, 0.3) is 5.91 Å². The Morgan fingerprint density at radius 1 is 0.969 bits per heavy atom. The molecule has 0 radical (unpaired) electrons. The Bertz CT molecular complexity index is 1040. The highest BCUT2D eigenvalue weighted by atomic mass is 16.5. The molecule has 0 saturated carbocycles. The molecule has 0 spiro atoms. The van der Waals surface area contributed by atoms with Crippen LogP contribution in [0.3, 0.4) is 0 Å². The molecule has 7 nitrogen and oxygen atoms in total. The smallest absolute Gasteiger partial charge is 0.251 e. The fraction of sp³-hybridized carbons (Fsp3) is 0.280. The van der Waals surface area contributed by atoms with Crippen LogP contribution in [0.25, 0.3) is 0 Å². The minimum atomic E-state index is -0.263. The Balaban J connectivity index is 1.48. The molecule has 0 unspecified atom stereocenters. The number of carbonyl (C=O) groups is 2. The number of rotatable bonds is 8. The van der Waals surface area contributed by atoms with Crippen molar-refractivity contribution in [2.24, 2.45) is 0 Å². The van der Waals surface area contributed by atoms with Gasteiger partial charge in [0, 0.05) is 37.1 Å². The van der Waals surface area contributed by atoms with Crippen molar-refractivity contribution in [2.75, 3.05) is 11.9 Å². The summed E-state index contributed by atoms with van der Waals surface area (Å²) in [5.41, 5.74) is 2.71. The maximum atomic E-state index is 12.3. The fourth-order valence-electron chi connectivity index (χ4n) is 2.95. The van der Waals surface area contributed by atoms with Gasteiger partial charge in [-0.3, -0.25) is 14.6 Å². The van der Waals surface area contributed by atoms with Crippen LogP contribution < -0.4 is 15.4 Å². The van der Waals surface area contributed by atoms with Crippen LogP contribution in [0.4, 0.5) is 5.82 Å². The Morgan fingerprint density at radius 2 is 1.69 bits per heavy atom. The Morgan fingerprint density at radius 3 is 2.38 bits per heavy atom. The van der Waals surface area contributed by atoms with Gasteiger partial charge in [-0.05, 0) is 52.9 Å². The molecule has 0 atom stereocenters. The SMILES string of the molecule is CC(C)(C)c1ccc(C(=O)NCCC(=O)Nc2ncccc2OCc2ccncc2)cc1. The van der Waals surface area contributed by atoms with Crippen LogP contribution in [-0.4, -0.2) is 28.3 Å². The lowest BCUT2D eigenvalue weighted by Gasteiger charge is -2.19. The van der Waals surface area contributed by atoms with Gasteiger partial charge in [0.2, 0.25) is 5.91 Å². The summed E-state index contributed by atoms with van der Waals surface area (Å²) in [6.07, 6.45) is 5.08. The van der Waals surface area contributed by atoms with Crippen LogP contribution in [0.5, 0.6) is 5.75 Å². The number of hydrogen-bond donors (Lipinski definition) is 2. The average molecular weight is 433 g/mol. The van der Waals surface area contributed by atoms with Gasteiger partial charge in [-0.25, -0.2) is 4.98 Å². The van der Waals surface area contributed by atoms with Crippen molar-refractivity contribution in [1.82, 2.24) is 15.3 Å². The van der Waals surface area contributed by atoms with Crippen molar-refractivity contribution >= 4 is 17.6 Å². The lowest BCUT2D eigenvalue weighted by molar-refractivity contribution is -0.116. The predicted octanol–water partition coefficient (Wildman–Crippen LogP) is 4.11. The molecule has 2 aromatic heterocycles. The molecule has 0 aliphatic rings. The van der Waals surface area contributed by atoms with E-state index in [0.717, 1.165) is 11.1 Å². The highest BCUT2D eigenvalue weighted by Gasteiger charge is 2.15. The van der Waals surface area contributed by atoms with Gasteiger partial charge in [0.15, 0.2) is 11.6 Å². The molecule has 0 fully saturated rings. The molecule has 0 aliphatic carbocycles. The number of hydrogen-bond acceptors (Lipinski definition) is 5. The molecular weight excluding hydrogens is 404 g/mol. The van der Waals surface area contributed by atoms with Crippen molar-refractivity contribution in [3.05, 3.63) is 83.8 Å². The van der Waals surface area contributed by atoms with Gasteiger partial charge in [-0.15, -0.1) is 0 Å². The van der Waals surface area contributed by atoms with Gasteiger partial charge in [0.1, 0.15) is 6.61 Å². The molecule has 3 rings (SSSR count). The first-order chi connectivity index (χ1) is 15.3. The highest BCUT2D eigenvalue weighted by Crippen LogP contribution is 2.23. The van der Waals surface area contributed by atoms with E-state index < -0.39 is 0 Å². The predicted molar refractivity (Wildman–Crippen MR) is 124 cm³/mol. The van der Waals surface area contributed by atoms with Crippen LogP contribution in [0, 0.1) is 0 Å². The maximum absolute atomic E-state index is 12.3. The minimum absolute atomic E-state index is 0.0272. The zero-order chi connectivity index (χ0) is 23.0. The highest BCUT2D eigenvalue weighted by molar-refractivity contribution is 5.95. The van der Waals surface area contributed by atoms with Crippen molar-refractivity contribution in [2.45, 2.75) is 39.2 Å². The third kappa shape index (κ3) is 6.63. The molecule has 166 valence electrons. The molecular formula is C25H28N4O3. The Labute approximate surface area is 188 Å². The second-order valence-electron chi connectivity index (χ2n) is 8.38. The Kier molecular flexibility index (Phi) is 7.54. The summed E-state index contributed by atoms with van der Waals surface area (Å²) in [7, 11) is 0. The molecule has 7 heteroatoms. The molecule has 32 heavy (non-hydrogen) atoms. The summed E-state index contributed by atoms with van der Waals surface area (Å²) in [4.78, 5) is 32.9. The number of nitrogens with one attached hydrogen (secondary N) is 2. The van der Waals surface area contributed by atoms with E-state index in [1.165, 1.54) is 0 Å².